The third-order valence-corrected chi connectivity index (χ3v) is 7.58. The lowest BCUT2D eigenvalue weighted by atomic mass is 9.93. The number of benzene rings is 2. The summed E-state index contributed by atoms with van der Waals surface area (Å²) in [6, 6.07) is 8.51. The number of ether oxygens (including phenoxy) is 1. The maximum Gasteiger partial charge on any atom is 0.167 e. The van der Waals surface area contributed by atoms with Crippen molar-refractivity contribution >= 4 is 23.2 Å². The monoisotopic (exact) mass is 517 g/mol. The highest BCUT2D eigenvalue weighted by Gasteiger charge is 2.42. The molecule has 35 heavy (non-hydrogen) atoms. The number of likely N-dealkylation sites (tertiary alicyclic amines) is 1. The number of hydrogen-bond donors (Lipinski definition) is 1. The zero-order chi connectivity index (χ0) is 25.1. The van der Waals surface area contributed by atoms with Crippen molar-refractivity contribution in [3.8, 4) is 11.4 Å². The van der Waals surface area contributed by atoms with Crippen molar-refractivity contribution in [2.45, 2.75) is 64.2 Å². The molecule has 186 valence electrons. The van der Waals surface area contributed by atoms with Gasteiger partial charge in [0.15, 0.2) is 11.6 Å². The fourth-order valence-electron chi connectivity index (χ4n) is 5.12. The van der Waals surface area contributed by atoms with Crippen LogP contribution in [-0.2, 0) is 11.8 Å². The summed E-state index contributed by atoms with van der Waals surface area (Å²) < 4.78 is 23.6. The Hall–Kier alpha value is -2.12. The van der Waals surface area contributed by atoms with Crippen molar-refractivity contribution in [3.63, 3.8) is 0 Å². The van der Waals surface area contributed by atoms with E-state index in [0.717, 1.165) is 29.2 Å². The van der Waals surface area contributed by atoms with Crippen molar-refractivity contribution in [3.05, 3.63) is 75.0 Å². The molecule has 8 heteroatoms. The van der Waals surface area contributed by atoms with Gasteiger partial charge in [-0.25, -0.2) is 9.37 Å². The lowest BCUT2D eigenvalue weighted by molar-refractivity contribution is 0.0790. The van der Waals surface area contributed by atoms with Crippen molar-refractivity contribution in [1.82, 2.24) is 14.5 Å². The van der Waals surface area contributed by atoms with E-state index < -0.39 is 11.9 Å². The third-order valence-electron chi connectivity index (χ3n) is 7.03. The molecule has 0 saturated carbocycles. The summed E-state index contributed by atoms with van der Waals surface area (Å²) in [6.07, 6.45) is 2.50. The Labute approximate surface area is 215 Å². The fraction of sp³-hybridized carbons (Fsp3) is 0.444. The van der Waals surface area contributed by atoms with E-state index in [9.17, 15) is 5.11 Å². The molecule has 0 bridgehead atoms. The maximum absolute atomic E-state index is 15.4. The second-order valence-electron chi connectivity index (χ2n) is 10.6. The maximum atomic E-state index is 15.4. The lowest BCUT2D eigenvalue weighted by Crippen LogP contribution is -2.39. The molecular weight excluding hydrogens is 488 g/mol. The van der Waals surface area contributed by atoms with Gasteiger partial charge in [0, 0.05) is 52.1 Å². The molecule has 2 aliphatic rings. The number of β-amino-alcohol motifs (C(OH)–C–C–N with tert-alkyl or cyclic N) is 1. The summed E-state index contributed by atoms with van der Waals surface area (Å²) in [5.74, 6) is 0.514. The Morgan fingerprint density at radius 3 is 2.57 bits per heavy atom. The van der Waals surface area contributed by atoms with E-state index in [-0.39, 0.29) is 23.3 Å². The zero-order valence-electron chi connectivity index (χ0n) is 20.4. The number of fused-ring (bicyclic) bond motifs is 1. The number of aliphatic hydroxyl groups excluding tert-OH is 1. The van der Waals surface area contributed by atoms with E-state index in [0.29, 0.717) is 35.1 Å². The Balaban J connectivity index is 1.47. The van der Waals surface area contributed by atoms with Crippen molar-refractivity contribution in [2.24, 2.45) is 0 Å². The number of aliphatic hydroxyl groups is 1. The standard InChI is InChI=1S/C27H30Cl2FN3O2/c1-15-31-25(27(2,3)4)14-33(15)17-5-6-24(22(30)11-17)35-26-20-9-16(28)10-21(29)19(20)12-23(26)32-8-7-18(34)13-32/h5-6,9-11,14,18,23,26,34H,7-8,12-13H2,1-4H3/t18-,23+,26+/m1/s1. The molecule has 1 aliphatic carbocycles. The van der Waals surface area contributed by atoms with Crippen LogP contribution in [0.2, 0.25) is 10.0 Å². The molecule has 1 N–H and O–H groups in total. The van der Waals surface area contributed by atoms with Gasteiger partial charge in [-0.05, 0) is 49.6 Å². The van der Waals surface area contributed by atoms with Gasteiger partial charge in [0.1, 0.15) is 11.9 Å². The van der Waals surface area contributed by atoms with Crippen molar-refractivity contribution < 1.29 is 14.2 Å². The van der Waals surface area contributed by atoms with Crippen LogP contribution in [0, 0.1) is 12.7 Å². The summed E-state index contributed by atoms with van der Waals surface area (Å²) in [7, 11) is 0. The van der Waals surface area contributed by atoms with Gasteiger partial charge >= 0.3 is 0 Å². The summed E-state index contributed by atoms with van der Waals surface area (Å²) in [6.45, 7) is 9.53. The van der Waals surface area contributed by atoms with Crippen LogP contribution in [0.15, 0.2) is 36.5 Å². The van der Waals surface area contributed by atoms with Gasteiger partial charge in [0.2, 0.25) is 0 Å². The van der Waals surface area contributed by atoms with E-state index in [1.807, 2.05) is 29.8 Å². The van der Waals surface area contributed by atoms with Crippen LogP contribution < -0.4 is 4.74 Å². The van der Waals surface area contributed by atoms with Crippen LogP contribution in [0.4, 0.5) is 4.39 Å². The number of hydrogen-bond acceptors (Lipinski definition) is 4. The lowest BCUT2D eigenvalue weighted by Gasteiger charge is -2.30. The minimum Gasteiger partial charge on any atom is -0.481 e. The van der Waals surface area contributed by atoms with E-state index in [4.69, 9.17) is 27.9 Å². The van der Waals surface area contributed by atoms with Gasteiger partial charge in [-0.2, -0.15) is 0 Å². The van der Waals surface area contributed by atoms with Crippen LogP contribution in [0.3, 0.4) is 0 Å². The molecule has 1 aliphatic heterocycles. The quantitative estimate of drug-likeness (QED) is 0.458. The summed E-state index contributed by atoms with van der Waals surface area (Å²) >= 11 is 12.8. The predicted octanol–water partition coefficient (Wildman–Crippen LogP) is 6.04. The third kappa shape index (κ3) is 4.69. The largest absolute Gasteiger partial charge is 0.481 e. The average molecular weight is 518 g/mol. The van der Waals surface area contributed by atoms with E-state index in [1.54, 1.807) is 12.1 Å². The minimum atomic E-state index is -0.450. The van der Waals surface area contributed by atoms with Gasteiger partial charge in [0.25, 0.3) is 0 Å². The first-order chi connectivity index (χ1) is 16.5. The number of halogens is 3. The van der Waals surface area contributed by atoms with Crippen LogP contribution >= 0.6 is 23.2 Å². The molecular formula is C27H30Cl2FN3O2. The number of nitrogens with zero attached hydrogens (tertiary/aromatic N) is 3. The van der Waals surface area contributed by atoms with Crippen molar-refractivity contribution in [2.75, 3.05) is 13.1 Å². The molecule has 3 atom stereocenters. The molecule has 0 amide bonds. The summed E-state index contributed by atoms with van der Waals surface area (Å²) in [5, 5.41) is 11.2. The molecule has 3 aromatic rings. The number of imidazole rings is 1. The normalized spacial score (nSPS) is 22.6. The zero-order valence-corrected chi connectivity index (χ0v) is 21.9. The van der Waals surface area contributed by atoms with Crippen LogP contribution in [-0.4, -0.2) is 44.8 Å². The smallest absolute Gasteiger partial charge is 0.167 e. The molecule has 0 unspecified atom stereocenters. The second-order valence-corrected chi connectivity index (χ2v) is 11.5. The molecule has 2 heterocycles. The number of aromatic nitrogens is 2. The highest BCUT2D eigenvalue weighted by atomic mass is 35.5. The fourth-order valence-corrected chi connectivity index (χ4v) is 5.70. The van der Waals surface area contributed by atoms with E-state index >= 15 is 4.39 Å². The molecule has 0 radical (unpaired) electrons. The Morgan fingerprint density at radius 1 is 1.17 bits per heavy atom. The van der Waals surface area contributed by atoms with Crippen molar-refractivity contribution in [1.29, 1.82) is 0 Å². The van der Waals surface area contributed by atoms with Gasteiger partial charge < -0.3 is 14.4 Å². The molecule has 5 rings (SSSR count). The van der Waals surface area contributed by atoms with Crippen LogP contribution in [0.5, 0.6) is 5.75 Å². The van der Waals surface area contributed by atoms with Gasteiger partial charge in [-0.15, -0.1) is 0 Å². The second kappa shape index (κ2) is 9.07. The average Bonchev–Trinajstić information content (AvgIpc) is 3.46. The molecule has 1 fully saturated rings. The summed E-state index contributed by atoms with van der Waals surface area (Å²) in [4.78, 5) is 6.86. The molecule has 2 aromatic carbocycles. The van der Waals surface area contributed by atoms with E-state index in [2.05, 4.69) is 30.7 Å². The summed E-state index contributed by atoms with van der Waals surface area (Å²) in [5.41, 5.74) is 3.37. The van der Waals surface area contributed by atoms with Crippen LogP contribution in [0.25, 0.3) is 5.69 Å². The molecule has 1 aromatic heterocycles. The Bertz CT molecular complexity index is 1270. The Morgan fingerprint density at radius 2 is 1.94 bits per heavy atom. The number of rotatable bonds is 4. The van der Waals surface area contributed by atoms with Crippen LogP contribution in [0.1, 0.15) is 55.9 Å². The first-order valence-electron chi connectivity index (χ1n) is 11.9. The molecule has 0 spiro atoms. The first-order valence-corrected chi connectivity index (χ1v) is 12.7. The van der Waals surface area contributed by atoms with Gasteiger partial charge in [0.05, 0.1) is 17.8 Å². The first kappa shape index (κ1) is 24.6. The molecule has 5 nitrogen and oxygen atoms in total. The predicted molar refractivity (Wildman–Crippen MR) is 136 cm³/mol. The highest BCUT2D eigenvalue weighted by molar-refractivity contribution is 6.35. The SMILES string of the molecule is Cc1nc(C(C)(C)C)cn1-c1ccc(O[C@H]2c3cc(Cl)cc(Cl)c3C[C@@H]2N2CC[C@@H](O)C2)c(F)c1. The Kier molecular flexibility index (Phi) is 6.37. The van der Waals surface area contributed by atoms with Gasteiger partial charge in [-0.1, -0.05) is 44.0 Å². The van der Waals surface area contributed by atoms with Gasteiger partial charge in [-0.3, -0.25) is 4.90 Å². The van der Waals surface area contributed by atoms with E-state index in [1.165, 1.54) is 6.07 Å². The number of aryl methyl sites for hydroxylation is 1. The highest BCUT2D eigenvalue weighted by Crippen LogP contribution is 2.44. The minimum absolute atomic E-state index is 0.0672. The molecule has 1 saturated heterocycles. The topological polar surface area (TPSA) is 50.5 Å².